The summed E-state index contributed by atoms with van der Waals surface area (Å²) in [4.78, 5) is 20.5. The van der Waals surface area contributed by atoms with E-state index < -0.39 is 0 Å². The molecule has 3 aromatic rings. The summed E-state index contributed by atoms with van der Waals surface area (Å²) in [5.41, 5.74) is 2.93. The highest BCUT2D eigenvalue weighted by atomic mass is 79.9. The predicted octanol–water partition coefficient (Wildman–Crippen LogP) is 4.14. The predicted molar refractivity (Wildman–Crippen MR) is 100 cm³/mol. The summed E-state index contributed by atoms with van der Waals surface area (Å²) in [6.45, 7) is 2.49. The van der Waals surface area contributed by atoms with Crippen LogP contribution in [0.1, 0.15) is 12.0 Å². The van der Waals surface area contributed by atoms with Crippen LogP contribution in [0, 0.1) is 6.92 Å². The van der Waals surface area contributed by atoms with Gasteiger partial charge in [-0.25, -0.2) is 4.98 Å². The molecule has 0 saturated heterocycles. The Morgan fingerprint density at radius 1 is 1.17 bits per heavy atom. The number of anilines is 2. The first kappa shape index (κ1) is 16.4. The second-order valence-electron chi connectivity index (χ2n) is 5.47. The number of nitrogens with one attached hydrogen (secondary N) is 2. The smallest absolute Gasteiger partial charge is 0.227 e. The van der Waals surface area contributed by atoms with Crippen LogP contribution in [-0.2, 0) is 4.79 Å². The zero-order valence-electron chi connectivity index (χ0n) is 13.2. The number of aryl methyl sites for hydroxylation is 1. The van der Waals surface area contributed by atoms with Gasteiger partial charge in [0.05, 0.1) is 5.52 Å². The summed E-state index contributed by atoms with van der Waals surface area (Å²) in [7, 11) is 0. The van der Waals surface area contributed by atoms with Crippen molar-refractivity contribution < 1.29 is 4.79 Å². The molecule has 2 N–H and O–H groups in total. The van der Waals surface area contributed by atoms with E-state index >= 15 is 0 Å². The van der Waals surface area contributed by atoms with Crippen LogP contribution in [0.4, 0.5) is 11.5 Å². The van der Waals surface area contributed by atoms with Gasteiger partial charge in [-0.1, -0.05) is 22.0 Å². The van der Waals surface area contributed by atoms with Crippen molar-refractivity contribution in [1.82, 2.24) is 9.97 Å². The number of rotatable bonds is 5. The summed E-state index contributed by atoms with van der Waals surface area (Å²) in [6, 6.07) is 11.6. The molecule has 0 aliphatic carbocycles. The third-order valence-electron chi connectivity index (χ3n) is 3.55. The van der Waals surface area contributed by atoms with Gasteiger partial charge < -0.3 is 10.6 Å². The summed E-state index contributed by atoms with van der Waals surface area (Å²) in [5, 5.41) is 7.11. The van der Waals surface area contributed by atoms with Crippen LogP contribution in [0.25, 0.3) is 10.9 Å². The first-order valence-electron chi connectivity index (χ1n) is 7.62. The number of carbonyl (C=O) groups is 1. The Balaban J connectivity index is 1.59. The van der Waals surface area contributed by atoms with E-state index in [0.29, 0.717) is 18.8 Å². The van der Waals surface area contributed by atoms with Gasteiger partial charge in [-0.2, -0.15) is 0 Å². The molecular weight excluding hydrogens is 368 g/mol. The first-order valence-corrected chi connectivity index (χ1v) is 8.42. The fourth-order valence-corrected chi connectivity index (χ4v) is 2.69. The average molecular weight is 385 g/mol. The molecule has 0 saturated carbocycles. The summed E-state index contributed by atoms with van der Waals surface area (Å²) in [5.74, 6) is 0.502. The topological polar surface area (TPSA) is 66.9 Å². The lowest BCUT2D eigenvalue weighted by atomic mass is 10.2. The molecule has 0 radical (unpaired) electrons. The molecule has 3 rings (SSSR count). The molecule has 0 unspecified atom stereocenters. The number of hydrogen-bond donors (Lipinski definition) is 2. The van der Waals surface area contributed by atoms with Crippen LogP contribution in [0.15, 0.2) is 53.3 Å². The van der Waals surface area contributed by atoms with Crippen LogP contribution in [0.3, 0.4) is 0 Å². The van der Waals surface area contributed by atoms with Gasteiger partial charge in [-0.05, 0) is 42.8 Å². The Kier molecular flexibility index (Phi) is 5.05. The van der Waals surface area contributed by atoms with Gasteiger partial charge in [0.15, 0.2) is 0 Å². The lowest BCUT2D eigenvalue weighted by Gasteiger charge is -2.10. The molecule has 1 amide bonds. The van der Waals surface area contributed by atoms with Crippen LogP contribution in [0.5, 0.6) is 0 Å². The first-order chi connectivity index (χ1) is 11.6. The van der Waals surface area contributed by atoms with E-state index in [9.17, 15) is 4.79 Å². The molecule has 0 fully saturated rings. The fraction of sp³-hybridized carbons (Fsp3) is 0.167. The van der Waals surface area contributed by atoms with E-state index in [1.165, 1.54) is 0 Å². The molecule has 0 spiro atoms. The minimum absolute atomic E-state index is 0.0709. The minimum Gasteiger partial charge on any atom is -0.384 e. The second-order valence-corrected chi connectivity index (χ2v) is 6.38. The molecule has 2 heterocycles. The van der Waals surface area contributed by atoms with E-state index in [4.69, 9.17) is 0 Å². The minimum atomic E-state index is -0.0709. The van der Waals surface area contributed by atoms with Gasteiger partial charge in [0.25, 0.3) is 0 Å². The van der Waals surface area contributed by atoms with Crippen molar-refractivity contribution in [2.45, 2.75) is 13.3 Å². The molecule has 0 atom stereocenters. The van der Waals surface area contributed by atoms with Crippen molar-refractivity contribution in [3.63, 3.8) is 0 Å². The normalized spacial score (nSPS) is 10.6. The number of benzene rings is 1. The Morgan fingerprint density at radius 2 is 2.04 bits per heavy atom. The van der Waals surface area contributed by atoms with Crippen molar-refractivity contribution in [3.8, 4) is 0 Å². The monoisotopic (exact) mass is 384 g/mol. The molecule has 6 heteroatoms. The van der Waals surface area contributed by atoms with E-state index in [2.05, 4.69) is 36.5 Å². The third kappa shape index (κ3) is 4.08. The molecule has 0 aliphatic heterocycles. The van der Waals surface area contributed by atoms with Crippen LogP contribution in [-0.4, -0.2) is 22.4 Å². The third-order valence-corrected chi connectivity index (χ3v) is 4.04. The molecule has 24 heavy (non-hydrogen) atoms. The Bertz CT molecular complexity index is 865. The summed E-state index contributed by atoms with van der Waals surface area (Å²) < 4.78 is 0.995. The standard InChI is InChI=1S/C18H17BrN4O/c1-12-2-5-17(22-11-12)23-18(24)7-9-21-16-6-8-20-15-4-3-13(19)10-14(15)16/h2-6,8,10-11H,7,9H2,1H3,(H,20,21)(H,22,23,24). The SMILES string of the molecule is Cc1ccc(NC(=O)CCNc2ccnc3ccc(Br)cc23)nc1. The number of pyridine rings is 2. The maximum atomic E-state index is 12.0. The number of aromatic nitrogens is 2. The lowest BCUT2D eigenvalue weighted by molar-refractivity contribution is -0.116. The highest BCUT2D eigenvalue weighted by Gasteiger charge is 2.05. The quantitative estimate of drug-likeness (QED) is 0.693. The van der Waals surface area contributed by atoms with E-state index in [1.807, 2.05) is 37.3 Å². The second kappa shape index (κ2) is 7.40. The molecular formula is C18H17BrN4O. The zero-order valence-corrected chi connectivity index (χ0v) is 14.8. The fourth-order valence-electron chi connectivity index (χ4n) is 2.33. The number of fused-ring (bicyclic) bond motifs is 1. The van der Waals surface area contributed by atoms with Gasteiger partial charge in [0.1, 0.15) is 5.82 Å². The van der Waals surface area contributed by atoms with Gasteiger partial charge in [-0.3, -0.25) is 9.78 Å². The van der Waals surface area contributed by atoms with E-state index in [0.717, 1.165) is 26.6 Å². The molecule has 0 aliphatic rings. The largest absolute Gasteiger partial charge is 0.384 e. The zero-order chi connectivity index (χ0) is 16.9. The molecule has 5 nitrogen and oxygen atoms in total. The number of hydrogen-bond acceptors (Lipinski definition) is 4. The molecule has 0 bridgehead atoms. The number of carbonyl (C=O) groups excluding carboxylic acids is 1. The van der Waals surface area contributed by atoms with Crippen molar-refractivity contribution in [1.29, 1.82) is 0 Å². The Labute approximate surface area is 148 Å². The van der Waals surface area contributed by atoms with Crippen LogP contribution < -0.4 is 10.6 Å². The number of nitrogens with zero attached hydrogens (tertiary/aromatic N) is 2. The summed E-state index contributed by atoms with van der Waals surface area (Å²) in [6.07, 6.45) is 3.84. The lowest BCUT2D eigenvalue weighted by Crippen LogP contribution is -2.17. The highest BCUT2D eigenvalue weighted by molar-refractivity contribution is 9.10. The van der Waals surface area contributed by atoms with Crippen LogP contribution >= 0.6 is 15.9 Å². The average Bonchev–Trinajstić information content (AvgIpc) is 2.57. The van der Waals surface area contributed by atoms with E-state index in [-0.39, 0.29) is 5.91 Å². The van der Waals surface area contributed by atoms with E-state index in [1.54, 1.807) is 18.5 Å². The van der Waals surface area contributed by atoms with Gasteiger partial charge >= 0.3 is 0 Å². The van der Waals surface area contributed by atoms with Crippen LogP contribution in [0.2, 0.25) is 0 Å². The molecule has 122 valence electrons. The maximum Gasteiger partial charge on any atom is 0.227 e. The van der Waals surface area contributed by atoms with Gasteiger partial charge in [0, 0.05) is 40.9 Å². The van der Waals surface area contributed by atoms with Crippen molar-refractivity contribution in [2.24, 2.45) is 0 Å². The molecule has 2 aromatic heterocycles. The molecule has 1 aromatic carbocycles. The van der Waals surface area contributed by atoms with Crippen molar-refractivity contribution in [3.05, 3.63) is 58.8 Å². The van der Waals surface area contributed by atoms with Crippen molar-refractivity contribution >= 4 is 44.2 Å². The summed E-state index contributed by atoms with van der Waals surface area (Å²) >= 11 is 3.47. The Hall–Kier alpha value is -2.47. The van der Waals surface area contributed by atoms with Gasteiger partial charge in [-0.15, -0.1) is 0 Å². The van der Waals surface area contributed by atoms with Gasteiger partial charge in [0.2, 0.25) is 5.91 Å². The number of halogens is 1. The number of amides is 1. The van der Waals surface area contributed by atoms with Crippen molar-refractivity contribution in [2.75, 3.05) is 17.2 Å². The maximum absolute atomic E-state index is 12.0. The Morgan fingerprint density at radius 3 is 2.83 bits per heavy atom. The highest BCUT2D eigenvalue weighted by Crippen LogP contribution is 2.25.